The number of nitrogens with zero attached hydrogens (tertiary/aromatic N) is 3. The summed E-state index contributed by atoms with van der Waals surface area (Å²) in [6.45, 7) is 23.9. The van der Waals surface area contributed by atoms with Crippen LogP contribution in [-0.4, -0.2) is 19.9 Å². The molecule has 3 aliphatic rings. The predicted molar refractivity (Wildman–Crippen MR) is 348 cm³/mol. The molecule has 0 radical (unpaired) electrons. The summed E-state index contributed by atoms with van der Waals surface area (Å²) in [5.74, 6) is 1.56. The molecule has 406 valence electrons. The van der Waals surface area contributed by atoms with Gasteiger partial charge in [0.05, 0.1) is 24.6 Å². The van der Waals surface area contributed by atoms with Crippen LogP contribution in [0, 0.1) is 6.92 Å². The standard InChI is InChI=1S/C76H72BN3O2/c1-50-43-68-71-69(44-50)80(66-39-35-58(76(8,9)10)48-63(66)53-21-14-11-15-22-53)72-65(38-40-70-73(72)82-42-20-41-81-70)77(71)64-37-36-61(78(59-23-16-12-17-24-59)60-25-18-13-19-26-60)49-67(64)79(68)62-46-54(51-27-31-56(32-28-51)74(2,3)4)45-55(47-62)52-29-33-57(34-30-52)75(5,6)7/h11-19,21-40,43-49H,20,41-42H2,1-10H3. The summed E-state index contributed by atoms with van der Waals surface area (Å²) in [5, 5.41) is 0. The molecule has 82 heavy (non-hydrogen) atoms. The molecule has 10 aromatic rings. The van der Waals surface area contributed by atoms with Gasteiger partial charge in [-0.25, -0.2) is 0 Å². The predicted octanol–water partition coefficient (Wildman–Crippen LogP) is 18.6. The van der Waals surface area contributed by atoms with Crippen LogP contribution in [0.4, 0.5) is 51.2 Å². The normalized spacial score (nSPS) is 13.7. The van der Waals surface area contributed by atoms with Gasteiger partial charge in [-0.15, -0.1) is 0 Å². The van der Waals surface area contributed by atoms with Crippen LogP contribution in [0.25, 0.3) is 33.4 Å². The minimum absolute atomic E-state index is 0.0183. The van der Waals surface area contributed by atoms with Crippen molar-refractivity contribution in [3.63, 3.8) is 0 Å². The molecule has 0 N–H and O–H groups in total. The summed E-state index contributed by atoms with van der Waals surface area (Å²) in [5.41, 5.74) is 25.4. The topological polar surface area (TPSA) is 28.2 Å². The van der Waals surface area contributed by atoms with Gasteiger partial charge in [0.15, 0.2) is 11.5 Å². The Morgan fingerprint density at radius 2 is 0.927 bits per heavy atom. The van der Waals surface area contributed by atoms with E-state index in [1.165, 1.54) is 44.2 Å². The summed E-state index contributed by atoms with van der Waals surface area (Å²) in [7, 11) is 0. The number of benzene rings is 10. The number of ether oxygens (including phenoxy) is 2. The number of rotatable bonds is 8. The minimum atomic E-state index is -0.178. The maximum atomic E-state index is 7.01. The van der Waals surface area contributed by atoms with E-state index in [0.717, 1.165) is 96.9 Å². The highest BCUT2D eigenvalue weighted by Gasteiger charge is 2.46. The summed E-state index contributed by atoms with van der Waals surface area (Å²) < 4.78 is 13.7. The Bertz CT molecular complexity index is 3910. The fourth-order valence-electron chi connectivity index (χ4n) is 12.5. The first kappa shape index (κ1) is 52.6. The molecule has 0 saturated heterocycles. The molecule has 0 saturated carbocycles. The Labute approximate surface area is 486 Å². The van der Waals surface area contributed by atoms with Gasteiger partial charge in [-0.2, -0.15) is 0 Å². The van der Waals surface area contributed by atoms with E-state index < -0.39 is 0 Å². The third kappa shape index (κ3) is 9.52. The van der Waals surface area contributed by atoms with Crippen molar-refractivity contribution in [2.24, 2.45) is 0 Å². The molecule has 0 amide bonds. The van der Waals surface area contributed by atoms with E-state index in [0.29, 0.717) is 13.2 Å². The van der Waals surface area contributed by atoms with Crippen molar-refractivity contribution in [3.8, 4) is 44.9 Å². The van der Waals surface area contributed by atoms with Crippen LogP contribution in [-0.2, 0) is 16.2 Å². The molecule has 0 spiro atoms. The summed E-state index contributed by atoms with van der Waals surface area (Å²) in [6, 6.07) is 81.8. The van der Waals surface area contributed by atoms with Crippen LogP contribution in [0.15, 0.2) is 218 Å². The van der Waals surface area contributed by atoms with Crippen LogP contribution >= 0.6 is 0 Å². The van der Waals surface area contributed by atoms with Crippen LogP contribution in [0.5, 0.6) is 11.5 Å². The van der Waals surface area contributed by atoms with Crippen LogP contribution in [0.3, 0.4) is 0 Å². The molecule has 3 aliphatic heterocycles. The highest BCUT2D eigenvalue weighted by Crippen LogP contribution is 2.53. The number of hydrogen-bond donors (Lipinski definition) is 0. The number of hydrogen-bond acceptors (Lipinski definition) is 5. The van der Waals surface area contributed by atoms with E-state index in [9.17, 15) is 0 Å². The maximum absolute atomic E-state index is 7.01. The van der Waals surface area contributed by atoms with E-state index in [1.54, 1.807) is 0 Å². The summed E-state index contributed by atoms with van der Waals surface area (Å²) in [6.07, 6.45) is 0.796. The van der Waals surface area contributed by atoms with Gasteiger partial charge in [-0.1, -0.05) is 196 Å². The van der Waals surface area contributed by atoms with Gasteiger partial charge in [-0.05, 0) is 175 Å². The van der Waals surface area contributed by atoms with Gasteiger partial charge in [0.1, 0.15) is 0 Å². The first-order valence-electron chi connectivity index (χ1n) is 29.3. The number of para-hydroxylation sites is 2. The monoisotopic (exact) mass is 1070 g/mol. The molecule has 0 unspecified atom stereocenters. The van der Waals surface area contributed by atoms with Gasteiger partial charge in [0, 0.05) is 51.8 Å². The molecule has 0 bridgehead atoms. The van der Waals surface area contributed by atoms with Gasteiger partial charge < -0.3 is 24.2 Å². The lowest BCUT2D eigenvalue weighted by molar-refractivity contribution is 0.297. The molecule has 13 rings (SSSR count). The number of anilines is 9. The van der Waals surface area contributed by atoms with Crippen molar-refractivity contribution < 1.29 is 9.47 Å². The largest absolute Gasteiger partial charge is 0.489 e. The average molecular weight is 1070 g/mol. The van der Waals surface area contributed by atoms with Crippen molar-refractivity contribution in [2.45, 2.75) is 91.9 Å². The highest BCUT2D eigenvalue weighted by molar-refractivity contribution is 7.00. The van der Waals surface area contributed by atoms with E-state index in [-0.39, 0.29) is 23.0 Å². The molecule has 0 aromatic heterocycles. The van der Waals surface area contributed by atoms with Crippen molar-refractivity contribution in [1.29, 1.82) is 0 Å². The lowest BCUT2D eigenvalue weighted by atomic mass is 9.33. The van der Waals surface area contributed by atoms with E-state index in [2.05, 4.69) is 302 Å². The second-order valence-corrected chi connectivity index (χ2v) is 25.7. The zero-order chi connectivity index (χ0) is 56.7. The van der Waals surface area contributed by atoms with Crippen LogP contribution in [0.2, 0.25) is 0 Å². The Balaban J connectivity index is 1.13. The summed E-state index contributed by atoms with van der Waals surface area (Å²) in [4.78, 5) is 7.50. The zero-order valence-corrected chi connectivity index (χ0v) is 49.1. The van der Waals surface area contributed by atoms with Gasteiger partial charge >= 0.3 is 0 Å². The Hall–Kier alpha value is -8.74. The molecule has 3 heterocycles. The quantitative estimate of drug-likeness (QED) is 0.141. The molecule has 0 atom stereocenters. The first-order chi connectivity index (χ1) is 39.5. The van der Waals surface area contributed by atoms with Crippen LogP contribution < -0.4 is 40.6 Å². The highest BCUT2D eigenvalue weighted by atomic mass is 16.5. The fraction of sp³-hybridized carbons (Fsp3) is 0.211. The number of aryl methyl sites for hydroxylation is 1. The SMILES string of the molecule is Cc1cc2c3c(c1)N(c1ccc(C(C)(C)C)cc1-c1ccccc1)c1c(ccc4c1OCCCO4)B3c1ccc(N(c3ccccc3)c3ccccc3)cc1N2c1cc(-c2ccc(C(C)(C)C)cc2)cc(-c2ccc(C(C)(C)C)cc2)c1. The van der Waals surface area contributed by atoms with Gasteiger partial charge in [0.2, 0.25) is 0 Å². The Morgan fingerprint density at radius 1 is 0.402 bits per heavy atom. The molecular weight excluding hydrogens is 998 g/mol. The minimum Gasteiger partial charge on any atom is -0.489 e. The van der Waals surface area contributed by atoms with Crippen molar-refractivity contribution in [1.82, 2.24) is 0 Å². The summed E-state index contributed by atoms with van der Waals surface area (Å²) >= 11 is 0. The third-order valence-electron chi connectivity index (χ3n) is 16.9. The van der Waals surface area contributed by atoms with E-state index in [1.807, 2.05) is 0 Å². The molecule has 0 aliphatic carbocycles. The van der Waals surface area contributed by atoms with Crippen molar-refractivity contribution >= 4 is 74.3 Å². The fourth-order valence-corrected chi connectivity index (χ4v) is 12.5. The second-order valence-electron chi connectivity index (χ2n) is 25.7. The molecule has 5 nitrogen and oxygen atoms in total. The average Bonchev–Trinajstić information content (AvgIpc) is 3.82. The third-order valence-corrected chi connectivity index (χ3v) is 16.9. The molecular formula is C76H72BN3O2. The molecule has 0 fully saturated rings. The molecule has 10 aromatic carbocycles. The maximum Gasteiger partial charge on any atom is 0.252 e. The zero-order valence-electron chi connectivity index (χ0n) is 49.1. The van der Waals surface area contributed by atoms with Crippen LogP contribution in [0.1, 0.15) is 91.0 Å². The van der Waals surface area contributed by atoms with Gasteiger partial charge in [0.25, 0.3) is 6.71 Å². The Morgan fingerprint density at radius 3 is 1.50 bits per heavy atom. The smallest absolute Gasteiger partial charge is 0.252 e. The first-order valence-corrected chi connectivity index (χ1v) is 29.3. The second kappa shape index (κ2) is 20.4. The van der Waals surface area contributed by atoms with Gasteiger partial charge in [-0.3, -0.25) is 0 Å². The number of fused-ring (bicyclic) bond motifs is 6. The van der Waals surface area contributed by atoms with E-state index in [4.69, 9.17) is 9.47 Å². The van der Waals surface area contributed by atoms with Crippen molar-refractivity contribution in [2.75, 3.05) is 27.9 Å². The van der Waals surface area contributed by atoms with Crippen molar-refractivity contribution in [3.05, 3.63) is 241 Å². The Kier molecular flexibility index (Phi) is 13.1. The lowest BCUT2D eigenvalue weighted by Gasteiger charge is -2.45. The molecule has 6 heteroatoms. The van der Waals surface area contributed by atoms with E-state index >= 15 is 0 Å². The lowest BCUT2D eigenvalue weighted by Crippen LogP contribution is -2.61.